The number of aryl methyl sites for hydroxylation is 1. The van der Waals surface area contributed by atoms with E-state index in [9.17, 15) is 0 Å². The van der Waals surface area contributed by atoms with Crippen molar-refractivity contribution in [2.24, 2.45) is 7.05 Å². The molecule has 118 valence electrons. The molecule has 0 saturated carbocycles. The normalized spacial score (nSPS) is 16.4. The summed E-state index contributed by atoms with van der Waals surface area (Å²) in [6, 6.07) is 8.87. The largest absolute Gasteiger partial charge is 0.314 e. The first-order valence-corrected chi connectivity index (χ1v) is 8.19. The average Bonchev–Trinajstić information content (AvgIpc) is 2.89. The van der Waals surface area contributed by atoms with Gasteiger partial charge < -0.3 is 5.32 Å². The van der Waals surface area contributed by atoms with Crippen LogP contribution >= 0.6 is 0 Å². The van der Waals surface area contributed by atoms with E-state index in [2.05, 4.69) is 54.5 Å². The number of hydrogen-bond acceptors (Lipinski definition) is 3. The van der Waals surface area contributed by atoms with Gasteiger partial charge in [0, 0.05) is 57.1 Å². The lowest BCUT2D eigenvalue weighted by Crippen LogP contribution is -2.42. The summed E-state index contributed by atoms with van der Waals surface area (Å²) < 4.78 is 1.93. The van der Waals surface area contributed by atoms with Crippen LogP contribution in [0.4, 0.5) is 0 Å². The van der Waals surface area contributed by atoms with E-state index in [0.717, 1.165) is 38.4 Å². The third-order valence-corrected chi connectivity index (χ3v) is 4.36. The smallest absolute Gasteiger partial charge is 0.0968 e. The first-order chi connectivity index (χ1) is 10.6. The lowest BCUT2D eigenvalue weighted by Gasteiger charge is -2.27. The van der Waals surface area contributed by atoms with E-state index in [1.807, 2.05) is 11.7 Å². The maximum atomic E-state index is 4.70. The Morgan fingerprint density at radius 3 is 2.45 bits per heavy atom. The van der Waals surface area contributed by atoms with Gasteiger partial charge in [-0.25, -0.2) is 0 Å². The van der Waals surface area contributed by atoms with Crippen molar-refractivity contribution >= 4 is 0 Å². The van der Waals surface area contributed by atoms with E-state index < -0.39 is 0 Å². The van der Waals surface area contributed by atoms with Crippen LogP contribution in [0.1, 0.15) is 30.9 Å². The monoisotopic (exact) mass is 298 g/mol. The van der Waals surface area contributed by atoms with E-state index in [-0.39, 0.29) is 0 Å². The second-order valence-electron chi connectivity index (χ2n) is 6.48. The number of benzene rings is 1. The van der Waals surface area contributed by atoms with E-state index in [1.54, 1.807) is 0 Å². The maximum Gasteiger partial charge on any atom is 0.0968 e. The van der Waals surface area contributed by atoms with Crippen molar-refractivity contribution in [1.82, 2.24) is 20.0 Å². The number of aromatic nitrogens is 2. The first kappa shape index (κ1) is 15.3. The van der Waals surface area contributed by atoms with Crippen LogP contribution in [0.5, 0.6) is 0 Å². The highest BCUT2D eigenvalue weighted by atomic mass is 15.3. The number of hydrogen-bond donors (Lipinski definition) is 1. The van der Waals surface area contributed by atoms with Gasteiger partial charge in [-0.15, -0.1) is 0 Å². The molecule has 22 heavy (non-hydrogen) atoms. The molecular weight excluding hydrogens is 272 g/mol. The second kappa shape index (κ2) is 6.63. The van der Waals surface area contributed by atoms with Crippen molar-refractivity contribution in [3.05, 3.63) is 41.6 Å². The second-order valence-corrected chi connectivity index (χ2v) is 6.48. The van der Waals surface area contributed by atoms with Crippen LogP contribution in [0.15, 0.2) is 30.5 Å². The minimum absolute atomic E-state index is 0.568. The van der Waals surface area contributed by atoms with Crippen LogP contribution in [0, 0.1) is 0 Å². The molecule has 0 aliphatic carbocycles. The van der Waals surface area contributed by atoms with Gasteiger partial charge in [-0.3, -0.25) is 9.58 Å². The zero-order valence-electron chi connectivity index (χ0n) is 13.8. The molecule has 2 heterocycles. The average molecular weight is 298 g/mol. The molecule has 0 radical (unpaired) electrons. The van der Waals surface area contributed by atoms with Crippen molar-refractivity contribution in [3.8, 4) is 11.3 Å². The minimum atomic E-state index is 0.568. The van der Waals surface area contributed by atoms with E-state index in [0.29, 0.717) is 5.92 Å². The zero-order chi connectivity index (χ0) is 15.5. The number of nitrogens with one attached hydrogen (secondary N) is 1. The van der Waals surface area contributed by atoms with Crippen molar-refractivity contribution in [2.75, 3.05) is 26.2 Å². The standard InChI is InChI=1S/C18H26N4/c1-14(2)15-4-6-16(7-5-15)18-17(12-21(3)20-18)13-22-10-8-19-9-11-22/h4-7,12,14,19H,8-11,13H2,1-3H3. The van der Waals surface area contributed by atoms with E-state index in [4.69, 9.17) is 5.10 Å². The SMILES string of the molecule is CC(C)c1ccc(-c2nn(C)cc2CN2CCNCC2)cc1. The zero-order valence-corrected chi connectivity index (χ0v) is 13.8. The summed E-state index contributed by atoms with van der Waals surface area (Å²) in [5.74, 6) is 0.568. The molecular formula is C18H26N4. The molecule has 1 aliphatic heterocycles. The molecule has 0 bridgehead atoms. The van der Waals surface area contributed by atoms with Gasteiger partial charge in [0.25, 0.3) is 0 Å². The van der Waals surface area contributed by atoms with E-state index in [1.165, 1.54) is 16.7 Å². The molecule has 1 saturated heterocycles. The highest BCUT2D eigenvalue weighted by Crippen LogP contribution is 2.25. The molecule has 2 aromatic rings. The molecule has 1 fully saturated rings. The highest BCUT2D eigenvalue weighted by molar-refractivity contribution is 5.63. The van der Waals surface area contributed by atoms with Crippen molar-refractivity contribution < 1.29 is 0 Å². The van der Waals surface area contributed by atoms with Crippen molar-refractivity contribution in [3.63, 3.8) is 0 Å². The predicted octanol–water partition coefficient (Wildman–Crippen LogP) is 2.62. The molecule has 3 rings (SSSR count). The summed E-state index contributed by atoms with van der Waals surface area (Å²) in [5, 5.41) is 8.10. The van der Waals surface area contributed by atoms with Crippen LogP contribution in [0.3, 0.4) is 0 Å². The number of nitrogens with zero attached hydrogens (tertiary/aromatic N) is 3. The molecule has 1 aromatic carbocycles. The van der Waals surface area contributed by atoms with Gasteiger partial charge in [-0.05, 0) is 11.5 Å². The number of piperazine rings is 1. The molecule has 1 aromatic heterocycles. The van der Waals surface area contributed by atoms with Gasteiger partial charge in [0.05, 0.1) is 5.69 Å². The Hall–Kier alpha value is -1.65. The summed E-state index contributed by atoms with van der Waals surface area (Å²) in [6.45, 7) is 9.83. The molecule has 1 aliphatic rings. The van der Waals surface area contributed by atoms with Crippen LogP contribution in [-0.2, 0) is 13.6 Å². The van der Waals surface area contributed by atoms with Crippen LogP contribution in [-0.4, -0.2) is 40.9 Å². The van der Waals surface area contributed by atoms with Crippen LogP contribution in [0.2, 0.25) is 0 Å². The van der Waals surface area contributed by atoms with Crippen LogP contribution in [0.25, 0.3) is 11.3 Å². The minimum Gasteiger partial charge on any atom is -0.314 e. The maximum absolute atomic E-state index is 4.70. The van der Waals surface area contributed by atoms with Gasteiger partial charge >= 0.3 is 0 Å². The Kier molecular flexibility index (Phi) is 4.60. The quantitative estimate of drug-likeness (QED) is 0.942. The predicted molar refractivity (Wildman–Crippen MR) is 90.9 cm³/mol. The van der Waals surface area contributed by atoms with Gasteiger partial charge in [0.15, 0.2) is 0 Å². The third kappa shape index (κ3) is 3.39. The van der Waals surface area contributed by atoms with Gasteiger partial charge in [0.2, 0.25) is 0 Å². The summed E-state index contributed by atoms with van der Waals surface area (Å²) >= 11 is 0. The van der Waals surface area contributed by atoms with Gasteiger partial charge in [-0.1, -0.05) is 38.1 Å². The molecule has 0 atom stereocenters. The number of rotatable bonds is 4. The Morgan fingerprint density at radius 2 is 1.82 bits per heavy atom. The van der Waals surface area contributed by atoms with Crippen molar-refractivity contribution in [2.45, 2.75) is 26.3 Å². The molecule has 4 heteroatoms. The molecule has 4 nitrogen and oxygen atoms in total. The fourth-order valence-corrected chi connectivity index (χ4v) is 3.03. The molecule has 0 spiro atoms. The third-order valence-electron chi connectivity index (χ3n) is 4.36. The molecule has 1 N–H and O–H groups in total. The summed E-state index contributed by atoms with van der Waals surface area (Å²) in [7, 11) is 2.01. The van der Waals surface area contributed by atoms with Gasteiger partial charge in [-0.2, -0.15) is 5.10 Å². The van der Waals surface area contributed by atoms with Gasteiger partial charge in [0.1, 0.15) is 0 Å². The fraction of sp³-hybridized carbons (Fsp3) is 0.500. The first-order valence-electron chi connectivity index (χ1n) is 8.19. The summed E-state index contributed by atoms with van der Waals surface area (Å²) in [5.41, 5.74) is 5.04. The fourth-order valence-electron chi connectivity index (χ4n) is 3.03. The molecule has 0 amide bonds. The lowest BCUT2D eigenvalue weighted by molar-refractivity contribution is 0.233. The highest BCUT2D eigenvalue weighted by Gasteiger charge is 2.16. The van der Waals surface area contributed by atoms with E-state index >= 15 is 0 Å². The Bertz CT molecular complexity index is 607. The Morgan fingerprint density at radius 1 is 1.14 bits per heavy atom. The van der Waals surface area contributed by atoms with Crippen LogP contribution < -0.4 is 5.32 Å². The topological polar surface area (TPSA) is 33.1 Å². The Labute approximate surface area is 133 Å². The lowest BCUT2D eigenvalue weighted by atomic mass is 10.00. The molecule has 0 unspecified atom stereocenters. The Balaban J connectivity index is 1.83. The summed E-state index contributed by atoms with van der Waals surface area (Å²) in [4.78, 5) is 2.50. The summed E-state index contributed by atoms with van der Waals surface area (Å²) in [6.07, 6.45) is 2.16. The van der Waals surface area contributed by atoms with Crippen molar-refractivity contribution in [1.29, 1.82) is 0 Å².